The van der Waals surface area contributed by atoms with Gasteiger partial charge in [-0.2, -0.15) is 0 Å². The summed E-state index contributed by atoms with van der Waals surface area (Å²) in [5, 5.41) is 3.01. The number of furan rings is 1. The number of rotatable bonds is 5. The quantitative estimate of drug-likeness (QED) is 0.871. The van der Waals surface area contributed by atoms with Gasteiger partial charge in [-0.1, -0.05) is 13.8 Å². The summed E-state index contributed by atoms with van der Waals surface area (Å²) >= 11 is 0. The Labute approximate surface area is 159 Å². The maximum absolute atomic E-state index is 12.6. The summed E-state index contributed by atoms with van der Waals surface area (Å²) in [4.78, 5) is 19.6. The number of carbonyl (C=O) groups is 1. The number of aromatic nitrogens is 2. The second kappa shape index (κ2) is 7.48. The van der Waals surface area contributed by atoms with Crippen LogP contribution in [0.2, 0.25) is 0 Å². The summed E-state index contributed by atoms with van der Waals surface area (Å²) in [6.07, 6.45) is 6.64. The van der Waals surface area contributed by atoms with Crippen molar-refractivity contribution in [1.82, 2.24) is 19.8 Å². The minimum atomic E-state index is -0.485. The van der Waals surface area contributed by atoms with Crippen molar-refractivity contribution < 1.29 is 13.9 Å². The average Bonchev–Trinajstić information content (AvgIpc) is 3.33. The number of likely N-dealkylation sites (tertiary alicyclic amines) is 1. The fourth-order valence-corrected chi connectivity index (χ4v) is 3.99. The third-order valence-corrected chi connectivity index (χ3v) is 5.45. The standard InChI is InChI=1S/C20H28N4O3/c1-15(2)12-22-18(25)17-14-24-10-7-21-19(24)20(27-17)5-8-23(9-6-20)13-16-4-3-11-26-16/h3-4,7,10-11,15,17H,5-6,8-9,12-14H2,1-2H3,(H,22,25)/t17-/m0/s1. The highest BCUT2D eigenvalue weighted by Gasteiger charge is 2.47. The molecule has 7 heteroatoms. The number of hydrogen-bond acceptors (Lipinski definition) is 5. The van der Waals surface area contributed by atoms with E-state index >= 15 is 0 Å². The van der Waals surface area contributed by atoms with E-state index in [4.69, 9.17) is 9.15 Å². The normalized spacial score (nSPS) is 22.1. The van der Waals surface area contributed by atoms with Crippen molar-refractivity contribution in [2.75, 3.05) is 19.6 Å². The van der Waals surface area contributed by atoms with Crippen LogP contribution in [0.1, 0.15) is 38.3 Å². The van der Waals surface area contributed by atoms with Crippen molar-refractivity contribution in [3.05, 3.63) is 42.4 Å². The van der Waals surface area contributed by atoms with E-state index in [-0.39, 0.29) is 5.91 Å². The van der Waals surface area contributed by atoms with Crippen LogP contribution in [0.15, 0.2) is 35.2 Å². The molecule has 4 rings (SSSR count). The Hall–Kier alpha value is -2.12. The summed E-state index contributed by atoms with van der Waals surface area (Å²) in [6, 6.07) is 3.92. The lowest BCUT2D eigenvalue weighted by atomic mass is 9.88. The molecule has 2 aliphatic rings. The molecule has 1 atom stereocenters. The molecule has 0 bridgehead atoms. The van der Waals surface area contributed by atoms with E-state index in [1.165, 1.54) is 0 Å². The predicted octanol–water partition coefficient (Wildman–Crippen LogP) is 2.14. The fourth-order valence-electron chi connectivity index (χ4n) is 3.99. The molecule has 2 aromatic heterocycles. The third-order valence-electron chi connectivity index (χ3n) is 5.45. The molecule has 146 valence electrons. The molecule has 1 fully saturated rings. The molecule has 4 heterocycles. The summed E-state index contributed by atoms with van der Waals surface area (Å²) in [5.41, 5.74) is -0.485. The number of nitrogens with zero attached hydrogens (tertiary/aromatic N) is 3. The highest BCUT2D eigenvalue weighted by atomic mass is 16.5. The van der Waals surface area contributed by atoms with Crippen LogP contribution in [0.5, 0.6) is 0 Å². The van der Waals surface area contributed by atoms with E-state index in [0.717, 1.165) is 44.1 Å². The van der Waals surface area contributed by atoms with Gasteiger partial charge in [-0.3, -0.25) is 9.69 Å². The lowest BCUT2D eigenvalue weighted by Crippen LogP contribution is -2.54. The zero-order chi connectivity index (χ0) is 18.9. The number of piperidine rings is 1. The molecule has 1 spiro atoms. The van der Waals surface area contributed by atoms with Crippen LogP contribution in [0.3, 0.4) is 0 Å². The van der Waals surface area contributed by atoms with Crippen molar-refractivity contribution >= 4 is 5.91 Å². The maximum atomic E-state index is 12.6. The van der Waals surface area contributed by atoms with E-state index in [9.17, 15) is 4.79 Å². The van der Waals surface area contributed by atoms with Crippen LogP contribution in [0, 0.1) is 5.92 Å². The largest absolute Gasteiger partial charge is 0.468 e. The first kappa shape index (κ1) is 18.3. The van der Waals surface area contributed by atoms with Crippen LogP contribution in [-0.4, -0.2) is 46.1 Å². The van der Waals surface area contributed by atoms with Gasteiger partial charge in [0.25, 0.3) is 5.91 Å². The highest BCUT2D eigenvalue weighted by Crippen LogP contribution is 2.40. The van der Waals surface area contributed by atoms with Crippen molar-refractivity contribution in [2.45, 2.75) is 51.5 Å². The van der Waals surface area contributed by atoms with Gasteiger partial charge in [0.15, 0.2) is 6.10 Å². The molecule has 0 saturated carbocycles. The first-order valence-electron chi connectivity index (χ1n) is 9.78. The molecular weight excluding hydrogens is 344 g/mol. The Kier molecular flexibility index (Phi) is 5.06. The molecule has 0 aliphatic carbocycles. The minimum absolute atomic E-state index is 0.0274. The molecule has 1 amide bonds. The Morgan fingerprint density at radius 2 is 2.22 bits per heavy atom. The number of fused-ring (bicyclic) bond motifs is 2. The number of nitrogens with one attached hydrogen (secondary N) is 1. The minimum Gasteiger partial charge on any atom is -0.468 e. The van der Waals surface area contributed by atoms with Crippen LogP contribution < -0.4 is 5.32 Å². The Balaban J connectivity index is 1.46. The highest BCUT2D eigenvalue weighted by molar-refractivity contribution is 5.80. The molecule has 1 saturated heterocycles. The number of hydrogen-bond donors (Lipinski definition) is 1. The fraction of sp³-hybridized carbons (Fsp3) is 0.600. The summed E-state index contributed by atoms with van der Waals surface area (Å²) < 4.78 is 14.0. The second-order valence-electron chi connectivity index (χ2n) is 8.00. The Morgan fingerprint density at radius 3 is 2.93 bits per heavy atom. The van der Waals surface area contributed by atoms with Crippen molar-refractivity contribution in [3.8, 4) is 0 Å². The Bertz CT molecular complexity index is 760. The Morgan fingerprint density at radius 1 is 1.41 bits per heavy atom. The molecule has 2 aromatic rings. The zero-order valence-electron chi connectivity index (χ0n) is 16.1. The van der Waals surface area contributed by atoms with Gasteiger partial charge >= 0.3 is 0 Å². The first-order valence-corrected chi connectivity index (χ1v) is 9.78. The zero-order valence-corrected chi connectivity index (χ0v) is 16.1. The molecule has 7 nitrogen and oxygen atoms in total. The van der Waals surface area contributed by atoms with Gasteiger partial charge in [-0.05, 0) is 30.9 Å². The molecule has 0 radical (unpaired) electrons. The van der Waals surface area contributed by atoms with Crippen LogP contribution in [0.25, 0.3) is 0 Å². The van der Waals surface area contributed by atoms with E-state index in [1.54, 1.807) is 6.26 Å². The van der Waals surface area contributed by atoms with Crippen molar-refractivity contribution in [3.63, 3.8) is 0 Å². The van der Waals surface area contributed by atoms with Crippen LogP contribution >= 0.6 is 0 Å². The predicted molar refractivity (Wildman–Crippen MR) is 99.8 cm³/mol. The second-order valence-corrected chi connectivity index (χ2v) is 8.00. The van der Waals surface area contributed by atoms with Gasteiger partial charge in [0.1, 0.15) is 17.2 Å². The maximum Gasteiger partial charge on any atom is 0.251 e. The number of ether oxygens (including phenoxy) is 1. The van der Waals surface area contributed by atoms with E-state index < -0.39 is 11.7 Å². The number of carbonyl (C=O) groups excluding carboxylic acids is 1. The van der Waals surface area contributed by atoms with Crippen molar-refractivity contribution in [1.29, 1.82) is 0 Å². The van der Waals surface area contributed by atoms with E-state index in [2.05, 4.69) is 33.6 Å². The van der Waals surface area contributed by atoms with Crippen LogP contribution in [0.4, 0.5) is 0 Å². The van der Waals surface area contributed by atoms with Gasteiger partial charge in [0.05, 0.1) is 19.4 Å². The summed E-state index contributed by atoms with van der Waals surface area (Å²) in [6.45, 7) is 7.94. The van der Waals surface area contributed by atoms with Gasteiger partial charge in [0.2, 0.25) is 0 Å². The molecule has 0 aromatic carbocycles. The van der Waals surface area contributed by atoms with E-state index in [1.807, 2.05) is 24.5 Å². The molecule has 1 N–H and O–H groups in total. The molecule has 27 heavy (non-hydrogen) atoms. The van der Waals surface area contributed by atoms with Crippen LogP contribution in [-0.2, 0) is 28.2 Å². The van der Waals surface area contributed by atoms with Gasteiger partial charge < -0.3 is 19.0 Å². The molecule has 0 unspecified atom stereocenters. The number of imidazole rings is 1. The third kappa shape index (κ3) is 3.80. The summed E-state index contributed by atoms with van der Waals surface area (Å²) in [5.74, 6) is 2.32. The molecular formula is C20H28N4O3. The smallest absolute Gasteiger partial charge is 0.251 e. The monoisotopic (exact) mass is 372 g/mol. The lowest BCUT2D eigenvalue weighted by molar-refractivity contribution is -0.174. The van der Waals surface area contributed by atoms with Gasteiger partial charge in [-0.25, -0.2) is 4.98 Å². The van der Waals surface area contributed by atoms with Gasteiger partial charge in [-0.15, -0.1) is 0 Å². The van der Waals surface area contributed by atoms with Crippen molar-refractivity contribution in [2.24, 2.45) is 5.92 Å². The van der Waals surface area contributed by atoms with Gasteiger partial charge in [0, 0.05) is 32.0 Å². The first-order chi connectivity index (χ1) is 13.1. The SMILES string of the molecule is CC(C)CNC(=O)[C@@H]1Cn2ccnc2C2(CCN(Cc3ccco3)CC2)O1. The average molecular weight is 372 g/mol. The topological polar surface area (TPSA) is 72.5 Å². The molecule has 2 aliphatic heterocycles. The summed E-state index contributed by atoms with van der Waals surface area (Å²) in [7, 11) is 0. The van der Waals surface area contributed by atoms with E-state index in [0.29, 0.717) is 19.0 Å². The number of amides is 1. The lowest BCUT2D eigenvalue weighted by Gasteiger charge is -2.45.